The van der Waals surface area contributed by atoms with Crippen LogP contribution >= 0.6 is 0 Å². The van der Waals surface area contributed by atoms with Gasteiger partial charge in [-0.25, -0.2) is 0 Å². The lowest BCUT2D eigenvalue weighted by molar-refractivity contribution is 0.178. The first-order chi connectivity index (χ1) is 6.36. The number of nitrogens with zero attached hydrogens (tertiary/aromatic N) is 2. The molecule has 4 nitrogen and oxygen atoms in total. The molecule has 1 saturated heterocycles. The van der Waals surface area contributed by atoms with E-state index in [-0.39, 0.29) is 0 Å². The standard InChI is InChI=1S/C9H18N2O2/c12-8-2-1-3-9-4-6-11(10-13)7-5-9/h9,12H,1-8H2. The van der Waals surface area contributed by atoms with E-state index in [9.17, 15) is 4.91 Å². The Bertz CT molecular complexity index is 145. The lowest BCUT2D eigenvalue weighted by atomic mass is 9.92. The molecule has 0 amide bonds. The molecule has 0 radical (unpaired) electrons. The van der Waals surface area contributed by atoms with Gasteiger partial charge >= 0.3 is 0 Å². The van der Waals surface area contributed by atoms with Crippen LogP contribution < -0.4 is 0 Å². The van der Waals surface area contributed by atoms with E-state index < -0.39 is 0 Å². The highest BCUT2D eigenvalue weighted by atomic mass is 16.3. The zero-order chi connectivity index (χ0) is 9.52. The largest absolute Gasteiger partial charge is 0.396 e. The molecule has 4 heteroatoms. The Morgan fingerprint density at radius 2 is 2.00 bits per heavy atom. The Balaban J connectivity index is 2.07. The summed E-state index contributed by atoms with van der Waals surface area (Å²) in [6.45, 7) is 1.93. The normalized spacial score (nSPS) is 19.0. The summed E-state index contributed by atoms with van der Waals surface area (Å²) < 4.78 is 0. The molecule has 1 N–H and O–H groups in total. The molecule has 0 aromatic carbocycles. The first kappa shape index (κ1) is 10.4. The third kappa shape index (κ3) is 3.72. The molecule has 0 atom stereocenters. The number of unbranched alkanes of at least 4 members (excludes halogenated alkanes) is 1. The summed E-state index contributed by atoms with van der Waals surface area (Å²) in [6, 6.07) is 0. The molecule has 1 fully saturated rings. The SMILES string of the molecule is O=NN1CCC(CCCCO)CC1. The number of hydrogen-bond donors (Lipinski definition) is 1. The minimum atomic E-state index is 0.300. The summed E-state index contributed by atoms with van der Waals surface area (Å²) in [5, 5.41) is 13.1. The molecule has 0 aromatic heterocycles. The van der Waals surface area contributed by atoms with Gasteiger partial charge < -0.3 is 5.11 Å². The molecule has 1 aliphatic rings. The molecule has 1 aliphatic heterocycles. The van der Waals surface area contributed by atoms with E-state index in [4.69, 9.17) is 5.11 Å². The highest BCUT2D eigenvalue weighted by Gasteiger charge is 2.17. The van der Waals surface area contributed by atoms with Crippen molar-refractivity contribution >= 4 is 0 Å². The van der Waals surface area contributed by atoms with E-state index in [1.807, 2.05) is 0 Å². The molecule has 0 spiro atoms. The first-order valence-corrected chi connectivity index (χ1v) is 5.06. The maximum atomic E-state index is 10.2. The lowest BCUT2D eigenvalue weighted by Gasteiger charge is -2.27. The number of hydrogen-bond acceptors (Lipinski definition) is 3. The third-order valence-corrected chi connectivity index (χ3v) is 2.73. The van der Waals surface area contributed by atoms with Crippen molar-refractivity contribution in [3.8, 4) is 0 Å². The highest BCUT2D eigenvalue weighted by molar-refractivity contribution is 4.69. The molecule has 0 bridgehead atoms. The van der Waals surface area contributed by atoms with Crippen molar-refractivity contribution in [1.82, 2.24) is 5.01 Å². The van der Waals surface area contributed by atoms with Crippen molar-refractivity contribution in [2.75, 3.05) is 19.7 Å². The summed E-state index contributed by atoms with van der Waals surface area (Å²) >= 11 is 0. The fraction of sp³-hybridized carbons (Fsp3) is 1.00. The van der Waals surface area contributed by atoms with E-state index >= 15 is 0 Å². The zero-order valence-corrected chi connectivity index (χ0v) is 7.98. The van der Waals surface area contributed by atoms with Gasteiger partial charge in [0.05, 0.1) is 5.29 Å². The Labute approximate surface area is 78.9 Å². The molecule has 76 valence electrons. The quantitative estimate of drug-likeness (QED) is 0.523. The summed E-state index contributed by atoms with van der Waals surface area (Å²) in [7, 11) is 0. The number of aliphatic hydroxyl groups is 1. The van der Waals surface area contributed by atoms with Crippen molar-refractivity contribution in [1.29, 1.82) is 0 Å². The highest BCUT2D eigenvalue weighted by Crippen LogP contribution is 2.22. The molecule has 13 heavy (non-hydrogen) atoms. The monoisotopic (exact) mass is 186 g/mol. The molecule has 0 saturated carbocycles. The second-order valence-corrected chi connectivity index (χ2v) is 3.70. The Hall–Kier alpha value is -0.640. The third-order valence-electron chi connectivity index (χ3n) is 2.73. The second kappa shape index (κ2) is 5.91. The molecule has 0 aromatic rings. The van der Waals surface area contributed by atoms with Crippen LogP contribution in [-0.4, -0.2) is 29.8 Å². The van der Waals surface area contributed by atoms with Crippen LogP contribution in [0.25, 0.3) is 0 Å². The molecular formula is C9H18N2O2. The summed E-state index contributed by atoms with van der Waals surface area (Å²) in [4.78, 5) is 10.2. The van der Waals surface area contributed by atoms with Gasteiger partial charge in [-0.2, -0.15) is 0 Å². The van der Waals surface area contributed by atoms with Crippen LogP contribution in [0.1, 0.15) is 32.1 Å². The van der Waals surface area contributed by atoms with Gasteiger partial charge in [0.15, 0.2) is 0 Å². The average molecular weight is 186 g/mol. The lowest BCUT2D eigenvalue weighted by Crippen LogP contribution is -2.29. The topological polar surface area (TPSA) is 52.9 Å². The van der Waals surface area contributed by atoms with Gasteiger partial charge in [-0.1, -0.05) is 12.8 Å². The number of rotatable bonds is 5. The summed E-state index contributed by atoms with van der Waals surface area (Å²) in [5.74, 6) is 0.740. The van der Waals surface area contributed by atoms with Gasteiger partial charge in [0.1, 0.15) is 0 Å². The van der Waals surface area contributed by atoms with Gasteiger partial charge in [-0.3, -0.25) is 5.01 Å². The van der Waals surface area contributed by atoms with E-state index in [1.54, 1.807) is 5.01 Å². The fourth-order valence-electron chi connectivity index (χ4n) is 1.83. The van der Waals surface area contributed by atoms with E-state index in [2.05, 4.69) is 5.29 Å². The molecule has 1 heterocycles. The van der Waals surface area contributed by atoms with Crippen molar-refractivity contribution < 1.29 is 5.11 Å². The van der Waals surface area contributed by atoms with Crippen LogP contribution in [0.5, 0.6) is 0 Å². The maximum Gasteiger partial charge on any atom is 0.0523 e. The van der Waals surface area contributed by atoms with Crippen LogP contribution in [0, 0.1) is 10.8 Å². The van der Waals surface area contributed by atoms with Crippen LogP contribution in [0.15, 0.2) is 5.29 Å². The molecule has 0 unspecified atom stereocenters. The van der Waals surface area contributed by atoms with Crippen molar-refractivity contribution in [3.05, 3.63) is 4.91 Å². The zero-order valence-electron chi connectivity index (χ0n) is 7.98. The van der Waals surface area contributed by atoms with Crippen LogP contribution in [0.3, 0.4) is 0 Å². The Morgan fingerprint density at radius 3 is 2.54 bits per heavy atom. The van der Waals surface area contributed by atoms with E-state index in [1.165, 1.54) is 6.42 Å². The predicted octanol–water partition coefficient (Wildman–Crippen LogP) is 1.54. The Kier molecular flexibility index (Phi) is 4.75. The van der Waals surface area contributed by atoms with Gasteiger partial charge in [0.25, 0.3) is 0 Å². The van der Waals surface area contributed by atoms with Gasteiger partial charge in [0, 0.05) is 19.7 Å². The smallest absolute Gasteiger partial charge is 0.0523 e. The minimum Gasteiger partial charge on any atom is -0.396 e. The van der Waals surface area contributed by atoms with Crippen LogP contribution in [0.2, 0.25) is 0 Å². The predicted molar refractivity (Wildman–Crippen MR) is 51.0 cm³/mol. The maximum absolute atomic E-state index is 10.2. The minimum absolute atomic E-state index is 0.300. The van der Waals surface area contributed by atoms with Gasteiger partial charge in [-0.15, -0.1) is 4.91 Å². The van der Waals surface area contributed by atoms with Crippen molar-refractivity contribution in [2.45, 2.75) is 32.1 Å². The van der Waals surface area contributed by atoms with Crippen LogP contribution in [-0.2, 0) is 0 Å². The average Bonchev–Trinajstić information content (AvgIpc) is 2.19. The van der Waals surface area contributed by atoms with Crippen molar-refractivity contribution in [2.24, 2.45) is 11.2 Å². The van der Waals surface area contributed by atoms with Gasteiger partial charge in [-0.05, 0) is 25.2 Å². The molecule has 1 rings (SSSR count). The molecule has 0 aliphatic carbocycles. The summed E-state index contributed by atoms with van der Waals surface area (Å²) in [6.07, 6.45) is 5.36. The first-order valence-electron chi connectivity index (χ1n) is 5.06. The van der Waals surface area contributed by atoms with E-state index in [0.29, 0.717) is 6.61 Å². The van der Waals surface area contributed by atoms with Crippen LogP contribution in [0.4, 0.5) is 0 Å². The summed E-state index contributed by atoms with van der Waals surface area (Å²) in [5.41, 5.74) is 0. The number of piperidine rings is 1. The molecular weight excluding hydrogens is 168 g/mol. The fourth-order valence-corrected chi connectivity index (χ4v) is 1.83. The van der Waals surface area contributed by atoms with Gasteiger partial charge in [0.2, 0.25) is 0 Å². The Morgan fingerprint density at radius 1 is 1.31 bits per heavy atom. The van der Waals surface area contributed by atoms with Crippen molar-refractivity contribution in [3.63, 3.8) is 0 Å². The second-order valence-electron chi connectivity index (χ2n) is 3.70. The number of nitroso groups, excluding NO2 is 1. The van der Waals surface area contributed by atoms with E-state index in [0.717, 1.165) is 44.7 Å². The number of aliphatic hydroxyl groups excluding tert-OH is 1.